The zero-order valence-corrected chi connectivity index (χ0v) is 26.2. The summed E-state index contributed by atoms with van der Waals surface area (Å²) >= 11 is 1.86. The van der Waals surface area contributed by atoms with Crippen LogP contribution < -0.4 is 4.74 Å². The number of ether oxygens (including phenoxy) is 1. The van der Waals surface area contributed by atoms with Gasteiger partial charge in [-0.1, -0.05) is 111 Å². The van der Waals surface area contributed by atoms with Gasteiger partial charge in [-0.3, -0.25) is 0 Å². The van der Waals surface area contributed by atoms with Gasteiger partial charge in [-0.05, 0) is 64.0 Å². The van der Waals surface area contributed by atoms with Crippen molar-refractivity contribution in [2.24, 2.45) is 0 Å². The maximum atomic E-state index is 6.48. The number of hydrogen-bond acceptors (Lipinski definition) is 3. The van der Waals surface area contributed by atoms with E-state index in [4.69, 9.17) is 9.15 Å². The van der Waals surface area contributed by atoms with Crippen LogP contribution in [0, 0.1) is 0 Å². The van der Waals surface area contributed by atoms with Crippen LogP contribution in [0.25, 0.3) is 75.1 Å². The summed E-state index contributed by atoms with van der Waals surface area (Å²) < 4.78 is 15.5. The first-order chi connectivity index (χ1) is 22.5. The summed E-state index contributed by atoms with van der Waals surface area (Å²) in [7, 11) is 0. The van der Waals surface area contributed by atoms with Gasteiger partial charge in [0.25, 0.3) is 0 Å². The quantitative estimate of drug-likeness (QED) is 0.195. The fourth-order valence-electron chi connectivity index (χ4n) is 7.56. The molecule has 0 N–H and O–H groups in total. The highest BCUT2D eigenvalue weighted by Crippen LogP contribution is 2.49. The molecule has 0 fully saturated rings. The molecule has 1 aliphatic heterocycles. The van der Waals surface area contributed by atoms with Crippen molar-refractivity contribution in [2.75, 3.05) is 0 Å². The van der Waals surface area contributed by atoms with Gasteiger partial charge in [0.1, 0.15) is 22.7 Å². The number of thiophene rings is 1. The third kappa shape index (κ3) is 3.64. The van der Waals surface area contributed by atoms with E-state index in [0.29, 0.717) is 0 Å². The lowest BCUT2D eigenvalue weighted by molar-refractivity contribution is 0.418. The molecule has 7 aromatic carbocycles. The first-order valence-corrected chi connectivity index (χ1v) is 16.6. The second-order valence-electron chi connectivity index (χ2n) is 12.9. The van der Waals surface area contributed by atoms with E-state index < -0.39 is 0 Å². The Balaban J connectivity index is 1.07. The van der Waals surface area contributed by atoms with Crippen molar-refractivity contribution in [1.29, 1.82) is 0 Å². The van der Waals surface area contributed by atoms with Gasteiger partial charge in [-0.25, -0.2) is 0 Å². The lowest BCUT2D eigenvalue weighted by Gasteiger charge is -2.34. The predicted molar refractivity (Wildman–Crippen MR) is 194 cm³/mol. The smallest absolute Gasteiger partial charge is 0.143 e. The monoisotopic (exact) mass is 608 g/mol. The molecule has 0 bridgehead atoms. The molecule has 2 aromatic heterocycles. The zero-order valence-electron chi connectivity index (χ0n) is 25.4. The average molecular weight is 609 g/mol. The summed E-state index contributed by atoms with van der Waals surface area (Å²) in [6.45, 7) is 4.56. The van der Waals surface area contributed by atoms with Crippen molar-refractivity contribution >= 4 is 64.2 Å². The van der Waals surface area contributed by atoms with Crippen molar-refractivity contribution in [1.82, 2.24) is 0 Å². The SMILES string of the molecule is CC1(C)c2ccccc2Oc2cc(-c3ccc4c(c3)sc3cc(-c5cccc6oc7c8ccccc8ccc7c56)ccc34)ccc21. The van der Waals surface area contributed by atoms with Crippen LogP contribution in [0.15, 0.2) is 138 Å². The van der Waals surface area contributed by atoms with Gasteiger partial charge in [-0.2, -0.15) is 0 Å². The van der Waals surface area contributed by atoms with Crippen molar-refractivity contribution in [2.45, 2.75) is 19.3 Å². The van der Waals surface area contributed by atoms with Crippen LogP contribution in [0.5, 0.6) is 11.5 Å². The third-order valence-electron chi connectivity index (χ3n) is 9.94. The summed E-state index contributed by atoms with van der Waals surface area (Å²) in [5.74, 6) is 1.89. The van der Waals surface area contributed by atoms with Crippen LogP contribution in [-0.4, -0.2) is 0 Å². The molecule has 218 valence electrons. The summed E-state index contributed by atoms with van der Waals surface area (Å²) in [4.78, 5) is 0. The summed E-state index contributed by atoms with van der Waals surface area (Å²) in [5, 5.41) is 7.25. The van der Waals surface area contributed by atoms with Crippen LogP contribution in [0.1, 0.15) is 25.0 Å². The Morgan fingerprint density at radius 1 is 0.522 bits per heavy atom. The summed E-state index contributed by atoms with van der Waals surface area (Å²) in [6, 6.07) is 48.1. The fraction of sp³-hybridized carbons (Fsp3) is 0.0698. The molecule has 0 radical (unpaired) electrons. The van der Waals surface area contributed by atoms with Crippen molar-refractivity contribution < 1.29 is 9.15 Å². The van der Waals surface area contributed by atoms with E-state index in [9.17, 15) is 0 Å². The van der Waals surface area contributed by atoms with Gasteiger partial charge in [-0.15, -0.1) is 11.3 Å². The van der Waals surface area contributed by atoms with E-state index in [1.807, 2.05) is 17.4 Å². The van der Waals surface area contributed by atoms with Crippen LogP contribution >= 0.6 is 11.3 Å². The van der Waals surface area contributed by atoms with E-state index in [1.165, 1.54) is 64.3 Å². The highest BCUT2D eigenvalue weighted by atomic mass is 32.1. The third-order valence-corrected chi connectivity index (χ3v) is 11.1. The first-order valence-electron chi connectivity index (χ1n) is 15.7. The van der Waals surface area contributed by atoms with E-state index in [2.05, 4.69) is 141 Å². The van der Waals surface area contributed by atoms with Crippen molar-refractivity contribution in [3.8, 4) is 33.8 Å². The minimum absolute atomic E-state index is 0.114. The number of hydrogen-bond donors (Lipinski definition) is 0. The van der Waals surface area contributed by atoms with Crippen LogP contribution in [0.3, 0.4) is 0 Å². The van der Waals surface area contributed by atoms with E-state index in [0.717, 1.165) is 33.4 Å². The fourth-order valence-corrected chi connectivity index (χ4v) is 8.74. The van der Waals surface area contributed by atoms with Gasteiger partial charge in [0.15, 0.2) is 0 Å². The standard InChI is InChI=1S/C43H28O2S/c1-43(2)34-11-5-6-12-36(34)44-38-22-26(17-21-35(38)43)27-15-18-31-32-19-16-28(24-40(32)46-39(31)23-27)29-10-7-13-37-41(29)33-20-14-25-8-3-4-9-30(25)42(33)45-37/h3-24H,1-2H3. The molecule has 0 spiro atoms. The molecule has 0 saturated heterocycles. The summed E-state index contributed by atoms with van der Waals surface area (Å²) in [6.07, 6.45) is 0. The van der Waals surface area contributed by atoms with Gasteiger partial charge < -0.3 is 9.15 Å². The molecule has 0 unspecified atom stereocenters. The van der Waals surface area contributed by atoms with E-state index in [1.54, 1.807) is 0 Å². The van der Waals surface area contributed by atoms with E-state index in [-0.39, 0.29) is 5.41 Å². The Morgan fingerprint density at radius 3 is 2.11 bits per heavy atom. The topological polar surface area (TPSA) is 22.4 Å². The predicted octanol–water partition coefficient (Wildman–Crippen LogP) is 12.9. The number of fused-ring (bicyclic) bond motifs is 10. The minimum Gasteiger partial charge on any atom is -0.457 e. The highest BCUT2D eigenvalue weighted by Gasteiger charge is 2.34. The Labute approximate surface area is 270 Å². The van der Waals surface area contributed by atoms with Crippen molar-refractivity contribution in [3.63, 3.8) is 0 Å². The zero-order chi connectivity index (χ0) is 30.6. The number of benzene rings is 7. The average Bonchev–Trinajstić information content (AvgIpc) is 3.66. The molecule has 3 heteroatoms. The van der Waals surface area contributed by atoms with Gasteiger partial charge in [0.2, 0.25) is 0 Å². The highest BCUT2D eigenvalue weighted by molar-refractivity contribution is 7.25. The number of furan rings is 1. The van der Waals surface area contributed by atoms with Crippen LogP contribution in [-0.2, 0) is 5.41 Å². The molecule has 1 aliphatic rings. The normalized spacial score (nSPS) is 13.8. The number of rotatable bonds is 2. The molecular weight excluding hydrogens is 581 g/mol. The molecule has 3 heterocycles. The largest absolute Gasteiger partial charge is 0.457 e. The molecule has 46 heavy (non-hydrogen) atoms. The molecule has 2 nitrogen and oxygen atoms in total. The maximum absolute atomic E-state index is 6.48. The molecule has 10 rings (SSSR count). The molecule has 0 amide bonds. The lowest BCUT2D eigenvalue weighted by atomic mass is 9.75. The molecule has 0 saturated carbocycles. The Bertz CT molecular complexity index is 2710. The first kappa shape index (κ1) is 25.9. The van der Waals surface area contributed by atoms with E-state index >= 15 is 0 Å². The van der Waals surface area contributed by atoms with Crippen molar-refractivity contribution in [3.05, 3.63) is 145 Å². The second kappa shape index (κ2) is 9.32. The maximum Gasteiger partial charge on any atom is 0.143 e. The molecular formula is C43H28O2S. The Morgan fingerprint density at radius 2 is 1.22 bits per heavy atom. The van der Waals surface area contributed by atoms with Crippen LogP contribution in [0.2, 0.25) is 0 Å². The Hall–Kier alpha value is -5.38. The van der Waals surface area contributed by atoms with Gasteiger partial charge >= 0.3 is 0 Å². The lowest BCUT2D eigenvalue weighted by Crippen LogP contribution is -2.24. The molecule has 0 aliphatic carbocycles. The minimum atomic E-state index is -0.114. The van der Waals surface area contributed by atoms with Crippen LogP contribution in [0.4, 0.5) is 0 Å². The Kier molecular flexibility index (Phi) is 5.25. The molecule has 9 aromatic rings. The van der Waals surface area contributed by atoms with Gasteiger partial charge in [0, 0.05) is 52.9 Å². The van der Waals surface area contributed by atoms with Gasteiger partial charge in [0.05, 0.1) is 0 Å². The number of para-hydroxylation sites is 1. The second-order valence-corrected chi connectivity index (χ2v) is 14.0. The summed E-state index contributed by atoms with van der Waals surface area (Å²) in [5.41, 5.74) is 8.98. The molecule has 0 atom stereocenters.